The van der Waals surface area contributed by atoms with E-state index in [1.54, 1.807) is 12.1 Å². The van der Waals surface area contributed by atoms with Crippen LogP contribution in [0.4, 0.5) is 0 Å². The molecule has 5 heteroatoms. The number of hydrogen-bond acceptors (Lipinski definition) is 4. The van der Waals surface area contributed by atoms with Crippen molar-refractivity contribution >= 4 is 16.9 Å². The lowest BCUT2D eigenvalue weighted by molar-refractivity contribution is 0.0923. The van der Waals surface area contributed by atoms with Gasteiger partial charge in [0.05, 0.1) is 5.39 Å². The quantitative estimate of drug-likeness (QED) is 0.768. The average molecular weight is 350 g/mol. The van der Waals surface area contributed by atoms with Crippen LogP contribution in [-0.4, -0.2) is 24.9 Å². The molecule has 1 heterocycles. The first-order valence-corrected chi connectivity index (χ1v) is 8.48. The topological polar surface area (TPSA) is 62.6 Å². The summed E-state index contributed by atoms with van der Waals surface area (Å²) < 4.78 is 5.62. The molecule has 1 amide bonds. The normalized spacial score (nSPS) is 11.1. The van der Waals surface area contributed by atoms with Crippen molar-refractivity contribution in [2.45, 2.75) is 20.0 Å². The third-order valence-corrected chi connectivity index (χ3v) is 4.15. The van der Waals surface area contributed by atoms with E-state index in [-0.39, 0.29) is 11.2 Å². The van der Waals surface area contributed by atoms with Gasteiger partial charge in [0.25, 0.3) is 5.91 Å². The fourth-order valence-corrected chi connectivity index (χ4v) is 2.87. The van der Waals surface area contributed by atoms with Crippen LogP contribution in [0, 0.1) is 6.92 Å². The largest absolute Gasteiger partial charge is 0.451 e. The summed E-state index contributed by atoms with van der Waals surface area (Å²) in [5.41, 5.74) is 3.36. The van der Waals surface area contributed by atoms with Crippen molar-refractivity contribution in [3.05, 3.63) is 81.2 Å². The number of amides is 1. The maximum atomic E-state index is 12.5. The van der Waals surface area contributed by atoms with Crippen molar-refractivity contribution in [2.75, 3.05) is 14.1 Å². The van der Waals surface area contributed by atoms with Crippen molar-refractivity contribution in [1.29, 1.82) is 0 Å². The molecule has 0 atom stereocenters. The number of fused-ring (bicyclic) bond motifs is 1. The summed E-state index contributed by atoms with van der Waals surface area (Å²) in [4.78, 5) is 26.8. The molecule has 5 nitrogen and oxygen atoms in total. The first-order chi connectivity index (χ1) is 12.4. The van der Waals surface area contributed by atoms with Gasteiger partial charge in [-0.2, -0.15) is 0 Å². The molecule has 3 aromatic rings. The van der Waals surface area contributed by atoms with Crippen LogP contribution in [0.15, 0.2) is 57.7 Å². The molecule has 1 N–H and O–H groups in total. The molecule has 0 saturated heterocycles. The van der Waals surface area contributed by atoms with Gasteiger partial charge < -0.3 is 14.6 Å². The predicted molar refractivity (Wildman–Crippen MR) is 102 cm³/mol. The molecule has 0 aliphatic carbocycles. The summed E-state index contributed by atoms with van der Waals surface area (Å²) in [5.74, 6) is -0.374. The molecular formula is C21H22N2O3. The number of carbonyl (C=O) groups excluding carboxylic acids is 1. The van der Waals surface area contributed by atoms with Crippen LogP contribution in [0.2, 0.25) is 0 Å². The van der Waals surface area contributed by atoms with E-state index in [1.165, 1.54) is 6.07 Å². The van der Waals surface area contributed by atoms with Gasteiger partial charge in [-0.05, 0) is 44.3 Å². The lowest BCUT2D eigenvalue weighted by Crippen LogP contribution is -2.25. The average Bonchev–Trinajstić information content (AvgIpc) is 2.60. The third kappa shape index (κ3) is 4.00. The van der Waals surface area contributed by atoms with E-state index in [1.807, 2.05) is 51.4 Å². The summed E-state index contributed by atoms with van der Waals surface area (Å²) in [6.07, 6.45) is 0. The van der Waals surface area contributed by atoms with Gasteiger partial charge in [-0.1, -0.05) is 35.9 Å². The first kappa shape index (κ1) is 17.9. The molecule has 0 bridgehead atoms. The zero-order chi connectivity index (χ0) is 18.7. The number of rotatable bonds is 5. The van der Waals surface area contributed by atoms with Crippen LogP contribution in [-0.2, 0) is 13.1 Å². The molecule has 2 aromatic carbocycles. The monoisotopic (exact) mass is 350 g/mol. The highest BCUT2D eigenvalue weighted by Crippen LogP contribution is 2.15. The highest BCUT2D eigenvalue weighted by atomic mass is 16.3. The SMILES string of the molecule is Cc1ccc2oc(C(=O)NCc3ccccc3CN(C)C)cc(=O)c2c1. The summed E-state index contributed by atoms with van der Waals surface area (Å²) in [5, 5.41) is 3.33. The summed E-state index contributed by atoms with van der Waals surface area (Å²) in [6, 6.07) is 14.5. The van der Waals surface area contributed by atoms with E-state index in [0.29, 0.717) is 17.5 Å². The number of nitrogens with zero attached hydrogens (tertiary/aromatic N) is 1. The van der Waals surface area contributed by atoms with Crippen LogP contribution < -0.4 is 10.7 Å². The van der Waals surface area contributed by atoms with Crippen molar-refractivity contribution < 1.29 is 9.21 Å². The number of carbonyl (C=O) groups is 1. The molecule has 0 spiro atoms. The second-order valence-electron chi connectivity index (χ2n) is 6.66. The summed E-state index contributed by atoms with van der Waals surface area (Å²) in [6.45, 7) is 3.07. The maximum Gasteiger partial charge on any atom is 0.287 e. The third-order valence-electron chi connectivity index (χ3n) is 4.15. The second-order valence-corrected chi connectivity index (χ2v) is 6.66. The van der Waals surface area contributed by atoms with Crippen molar-refractivity contribution in [3.8, 4) is 0 Å². The van der Waals surface area contributed by atoms with E-state index < -0.39 is 5.91 Å². The Morgan fingerprint density at radius 3 is 2.54 bits per heavy atom. The van der Waals surface area contributed by atoms with Gasteiger partial charge >= 0.3 is 0 Å². The molecule has 0 aliphatic heterocycles. The van der Waals surface area contributed by atoms with Crippen LogP contribution in [0.1, 0.15) is 27.2 Å². The van der Waals surface area contributed by atoms with Gasteiger partial charge in [0.2, 0.25) is 0 Å². The Balaban J connectivity index is 1.80. The Morgan fingerprint density at radius 1 is 1.08 bits per heavy atom. The van der Waals surface area contributed by atoms with Gasteiger partial charge in [-0.15, -0.1) is 0 Å². The van der Waals surface area contributed by atoms with Crippen molar-refractivity contribution in [2.24, 2.45) is 0 Å². The van der Waals surface area contributed by atoms with E-state index in [9.17, 15) is 9.59 Å². The van der Waals surface area contributed by atoms with Gasteiger partial charge in [0.1, 0.15) is 5.58 Å². The van der Waals surface area contributed by atoms with E-state index in [4.69, 9.17) is 4.42 Å². The van der Waals surface area contributed by atoms with Crippen LogP contribution in [0.3, 0.4) is 0 Å². The molecule has 0 fully saturated rings. The summed E-state index contributed by atoms with van der Waals surface area (Å²) in [7, 11) is 4.00. The number of nitrogens with one attached hydrogen (secondary N) is 1. The van der Waals surface area contributed by atoms with Crippen molar-refractivity contribution in [3.63, 3.8) is 0 Å². The summed E-state index contributed by atoms with van der Waals surface area (Å²) >= 11 is 0. The predicted octanol–water partition coefficient (Wildman–Crippen LogP) is 3.09. The van der Waals surface area contributed by atoms with E-state index >= 15 is 0 Å². The fourth-order valence-electron chi connectivity index (χ4n) is 2.87. The molecule has 0 saturated carbocycles. The van der Waals surface area contributed by atoms with Crippen LogP contribution in [0.25, 0.3) is 11.0 Å². The Bertz CT molecular complexity index is 1010. The zero-order valence-electron chi connectivity index (χ0n) is 15.2. The van der Waals surface area contributed by atoms with E-state index in [2.05, 4.69) is 10.2 Å². The molecule has 1 aromatic heterocycles. The number of aryl methyl sites for hydroxylation is 1. The van der Waals surface area contributed by atoms with Gasteiger partial charge in [0, 0.05) is 19.2 Å². The Kier molecular flexibility index (Phi) is 5.19. The molecule has 26 heavy (non-hydrogen) atoms. The Hall–Kier alpha value is -2.92. The number of hydrogen-bond donors (Lipinski definition) is 1. The van der Waals surface area contributed by atoms with Gasteiger partial charge in [-0.25, -0.2) is 0 Å². The fraction of sp³-hybridized carbons (Fsp3) is 0.238. The zero-order valence-corrected chi connectivity index (χ0v) is 15.2. The van der Waals surface area contributed by atoms with Crippen LogP contribution in [0.5, 0.6) is 0 Å². The molecule has 3 rings (SSSR count). The van der Waals surface area contributed by atoms with Gasteiger partial charge in [-0.3, -0.25) is 9.59 Å². The minimum Gasteiger partial charge on any atom is -0.451 e. The Morgan fingerprint density at radius 2 is 1.81 bits per heavy atom. The number of benzene rings is 2. The van der Waals surface area contributed by atoms with Crippen molar-refractivity contribution in [1.82, 2.24) is 10.2 Å². The lowest BCUT2D eigenvalue weighted by atomic mass is 10.1. The molecule has 0 unspecified atom stereocenters. The molecule has 134 valence electrons. The molecular weight excluding hydrogens is 328 g/mol. The minimum atomic E-state index is -0.399. The van der Waals surface area contributed by atoms with Crippen LogP contribution >= 0.6 is 0 Å². The molecule has 0 aliphatic rings. The van der Waals surface area contributed by atoms with Gasteiger partial charge in [0.15, 0.2) is 11.2 Å². The lowest BCUT2D eigenvalue weighted by Gasteiger charge is -2.14. The standard InChI is InChI=1S/C21H22N2O3/c1-14-8-9-19-17(10-14)18(24)11-20(26-19)21(25)22-12-15-6-4-5-7-16(15)13-23(2)3/h4-11H,12-13H2,1-3H3,(H,22,25). The van der Waals surface area contributed by atoms with E-state index in [0.717, 1.165) is 23.2 Å². The minimum absolute atomic E-state index is 0.0245. The smallest absolute Gasteiger partial charge is 0.287 e. The second kappa shape index (κ2) is 7.54. The highest BCUT2D eigenvalue weighted by molar-refractivity contribution is 5.93. The molecule has 0 radical (unpaired) electrons. The Labute approximate surface area is 152 Å². The first-order valence-electron chi connectivity index (χ1n) is 8.48. The highest BCUT2D eigenvalue weighted by Gasteiger charge is 2.13. The maximum absolute atomic E-state index is 12.5.